The summed E-state index contributed by atoms with van der Waals surface area (Å²) in [4.78, 5) is 27.7. The van der Waals surface area contributed by atoms with E-state index in [9.17, 15) is 19.8 Å². The molecule has 8 nitrogen and oxygen atoms in total. The summed E-state index contributed by atoms with van der Waals surface area (Å²) in [6.45, 7) is 9.74. The van der Waals surface area contributed by atoms with Crippen molar-refractivity contribution in [2.24, 2.45) is 5.41 Å². The molecule has 0 aromatic carbocycles. The molecule has 3 rings (SSSR count). The normalized spacial score (nSPS) is 35.9. The average Bonchev–Trinajstić information content (AvgIpc) is 2.90. The summed E-state index contributed by atoms with van der Waals surface area (Å²) in [6.07, 6.45) is 5.27. The predicted molar refractivity (Wildman–Crippen MR) is 118 cm³/mol. The van der Waals surface area contributed by atoms with Gasteiger partial charge >= 0.3 is 6.09 Å². The number of carbonyl (C=O) groups excluding carboxylic acids is 2. The lowest BCUT2D eigenvalue weighted by atomic mass is 9.67. The second-order valence-electron chi connectivity index (χ2n) is 10.3. The van der Waals surface area contributed by atoms with Gasteiger partial charge in [-0.1, -0.05) is 19.8 Å². The fourth-order valence-electron chi connectivity index (χ4n) is 6.03. The summed E-state index contributed by atoms with van der Waals surface area (Å²) in [6, 6.07) is 0.214. The van der Waals surface area contributed by atoms with E-state index in [0.29, 0.717) is 45.6 Å². The number of β-amino-alcohol motifs (C(OH)–C–C–N with tert-alkyl or cyclic N) is 1. The van der Waals surface area contributed by atoms with Crippen molar-refractivity contribution in [1.29, 1.82) is 0 Å². The van der Waals surface area contributed by atoms with E-state index in [4.69, 9.17) is 4.74 Å². The van der Waals surface area contributed by atoms with Gasteiger partial charge in [-0.2, -0.15) is 0 Å². The molecule has 0 radical (unpaired) electrons. The fourth-order valence-corrected chi connectivity index (χ4v) is 6.03. The molecule has 31 heavy (non-hydrogen) atoms. The lowest BCUT2D eigenvalue weighted by molar-refractivity contribution is -0.119. The van der Waals surface area contributed by atoms with E-state index >= 15 is 0 Å². The Bertz CT molecular complexity index is 662. The van der Waals surface area contributed by atoms with Crippen LogP contribution in [0.15, 0.2) is 0 Å². The lowest BCUT2D eigenvalue weighted by Crippen LogP contribution is -2.57. The second kappa shape index (κ2) is 9.24. The highest BCUT2D eigenvalue weighted by Crippen LogP contribution is 2.53. The maximum absolute atomic E-state index is 12.0. The standard InChI is InChI=1S/C23H41N3O5/c1-5-31-20(28)25-12-10-23(30,11-13-25)16-26-18(15-24-17(2)27)14-21(3)19(26)8-6-7-9-22(21,4)29/h18-19,29-30H,5-16H2,1-4H3,(H,24,27)/t18-,19-,21-,22+/m1/s1. The molecule has 8 heteroatoms. The van der Waals surface area contributed by atoms with Crippen LogP contribution in [0.4, 0.5) is 4.79 Å². The maximum atomic E-state index is 12.0. The number of rotatable bonds is 5. The van der Waals surface area contributed by atoms with E-state index in [1.165, 1.54) is 6.92 Å². The molecule has 2 aliphatic heterocycles. The van der Waals surface area contributed by atoms with Crippen molar-refractivity contribution in [2.75, 3.05) is 32.8 Å². The first-order valence-corrected chi connectivity index (χ1v) is 11.9. The molecular formula is C23H41N3O5. The number of carbonyl (C=O) groups is 2. The van der Waals surface area contributed by atoms with Crippen LogP contribution in [0.1, 0.15) is 72.6 Å². The Morgan fingerprint density at radius 2 is 1.81 bits per heavy atom. The summed E-state index contributed by atoms with van der Waals surface area (Å²) in [5, 5.41) is 25.8. The van der Waals surface area contributed by atoms with Crippen molar-refractivity contribution in [3.05, 3.63) is 0 Å². The zero-order valence-corrected chi connectivity index (χ0v) is 19.7. The van der Waals surface area contributed by atoms with E-state index in [2.05, 4.69) is 17.1 Å². The number of fused-ring (bicyclic) bond motifs is 1. The van der Waals surface area contributed by atoms with Gasteiger partial charge in [0.2, 0.25) is 5.91 Å². The third-order valence-electron chi connectivity index (χ3n) is 8.17. The van der Waals surface area contributed by atoms with Gasteiger partial charge in [0.25, 0.3) is 0 Å². The minimum atomic E-state index is -0.902. The van der Waals surface area contributed by atoms with E-state index in [1.807, 2.05) is 6.92 Å². The zero-order valence-electron chi connectivity index (χ0n) is 19.7. The number of nitrogens with zero attached hydrogens (tertiary/aromatic N) is 2. The molecule has 0 bridgehead atoms. The van der Waals surface area contributed by atoms with E-state index in [1.54, 1.807) is 11.8 Å². The summed E-state index contributed by atoms with van der Waals surface area (Å²) in [5.41, 5.74) is -1.98. The molecule has 3 fully saturated rings. The molecule has 0 aromatic heterocycles. The molecule has 2 amide bonds. The van der Waals surface area contributed by atoms with Gasteiger partial charge in [0, 0.05) is 50.6 Å². The largest absolute Gasteiger partial charge is 0.450 e. The first kappa shape index (κ1) is 24.3. The van der Waals surface area contributed by atoms with Crippen LogP contribution in [-0.2, 0) is 9.53 Å². The van der Waals surface area contributed by atoms with Gasteiger partial charge in [-0.25, -0.2) is 4.79 Å². The quantitative estimate of drug-likeness (QED) is 0.605. The second-order valence-corrected chi connectivity index (χ2v) is 10.3. The number of likely N-dealkylation sites (tertiary alicyclic amines) is 2. The average molecular weight is 440 g/mol. The minimum absolute atomic E-state index is 0.0644. The Kier molecular flexibility index (Phi) is 7.23. The van der Waals surface area contributed by atoms with Gasteiger partial charge in [-0.15, -0.1) is 0 Å². The summed E-state index contributed by atoms with van der Waals surface area (Å²) in [7, 11) is 0. The molecule has 1 saturated carbocycles. The number of hydrogen-bond donors (Lipinski definition) is 3. The van der Waals surface area contributed by atoms with Gasteiger partial charge in [-0.3, -0.25) is 9.69 Å². The van der Waals surface area contributed by atoms with E-state index in [-0.39, 0.29) is 29.5 Å². The van der Waals surface area contributed by atoms with Crippen molar-refractivity contribution in [2.45, 2.75) is 95.9 Å². The number of nitrogens with one attached hydrogen (secondary N) is 1. The van der Waals surface area contributed by atoms with Gasteiger partial charge < -0.3 is 25.2 Å². The van der Waals surface area contributed by atoms with Crippen molar-refractivity contribution < 1.29 is 24.5 Å². The molecule has 3 aliphatic rings. The SMILES string of the molecule is CCOC(=O)N1CCC(O)(CN2[C@@H](CNC(C)=O)C[C@]3(C)[C@H]2CCCC[C@]3(C)O)CC1. The first-order valence-electron chi connectivity index (χ1n) is 11.9. The number of piperidine rings is 1. The maximum Gasteiger partial charge on any atom is 0.409 e. The van der Waals surface area contributed by atoms with Crippen LogP contribution in [-0.4, -0.2) is 88.1 Å². The van der Waals surface area contributed by atoms with Crippen LogP contribution in [0.5, 0.6) is 0 Å². The van der Waals surface area contributed by atoms with Gasteiger partial charge in [0.1, 0.15) is 0 Å². The van der Waals surface area contributed by atoms with Crippen molar-refractivity contribution in [3.8, 4) is 0 Å². The highest BCUT2D eigenvalue weighted by molar-refractivity contribution is 5.72. The number of amides is 2. The molecule has 3 N–H and O–H groups in total. The Morgan fingerprint density at radius 3 is 2.42 bits per heavy atom. The monoisotopic (exact) mass is 439 g/mol. The van der Waals surface area contributed by atoms with Crippen molar-refractivity contribution in [3.63, 3.8) is 0 Å². The minimum Gasteiger partial charge on any atom is -0.450 e. The van der Waals surface area contributed by atoms with Gasteiger partial charge in [0.15, 0.2) is 0 Å². The zero-order chi connectivity index (χ0) is 22.9. The van der Waals surface area contributed by atoms with E-state index < -0.39 is 11.2 Å². The Hall–Kier alpha value is -1.38. The van der Waals surface area contributed by atoms with Crippen molar-refractivity contribution in [1.82, 2.24) is 15.1 Å². The van der Waals surface area contributed by atoms with Crippen molar-refractivity contribution >= 4 is 12.0 Å². The van der Waals surface area contributed by atoms with Crippen LogP contribution < -0.4 is 5.32 Å². The van der Waals surface area contributed by atoms with Crippen LogP contribution >= 0.6 is 0 Å². The Labute approximate surface area is 186 Å². The number of hydrogen-bond acceptors (Lipinski definition) is 6. The van der Waals surface area contributed by atoms with E-state index in [0.717, 1.165) is 32.1 Å². The van der Waals surface area contributed by atoms with Gasteiger partial charge in [-0.05, 0) is 46.0 Å². The third kappa shape index (κ3) is 5.01. The molecule has 2 heterocycles. The smallest absolute Gasteiger partial charge is 0.409 e. The lowest BCUT2D eigenvalue weighted by Gasteiger charge is -2.46. The van der Waals surface area contributed by atoms with Crippen LogP contribution in [0.25, 0.3) is 0 Å². The van der Waals surface area contributed by atoms with Crippen LogP contribution in [0.3, 0.4) is 0 Å². The van der Waals surface area contributed by atoms with Crippen LogP contribution in [0.2, 0.25) is 0 Å². The summed E-state index contributed by atoms with van der Waals surface area (Å²) in [5.74, 6) is -0.0644. The Balaban J connectivity index is 1.77. The van der Waals surface area contributed by atoms with Crippen LogP contribution in [0, 0.1) is 5.41 Å². The molecule has 0 unspecified atom stereocenters. The topological polar surface area (TPSA) is 102 Å². The molecule has 0 aromatic rings. The predicted octanol–water partition coefficient (Wildman–Crippen LogP) is 1.88. The molecule has 4 atom stereocenters. The number of aliphatic hydroxyl groups is 2. The highest BCUT2D eigenvalue weighted by Gasteiger charge is 2.58. The third-order valence-corrected chi connectivity index (χ3v) is 8.17. The first-order chi connectivity index (χ1) is 14.5. The summed E-state index contributed by atoms with van der Waals surface area (Å²) >= 11 is 0. The molecular weight excluding hydrogens is 398 g/mol. The Morgan fingerprint density at radius 1 is 1.13 bits per heavy atom. The highest BCUT2D eigenvalue weighted by atomic mass is 16.6. The molecule has 1 aliphatic carbocycles. The summed E-state index contributed by atoms with van der Waals surface area (Å²) < 4.78 is 5.10. The van der Waals surface area contributed by atoms with Gasteiger partial charge in [0.05, 0.1) is 17.8 Å². The fraction of sp³-hybridized carbons (Fsp3) is 0.913. The molecule has 0 spiro atoms. The molecule has 178 valence electrons. The molecule has 2 saturated heterocycles. The number of ether oxygens (including phenoxy) is 1.